The van der Waals surface area contributed by atoms with Gasteiger partial charge in [-0.05, 0) is 35.2 Å². The molecule has 0 saturated carbocycles. The number of aromatic amines is 1. The molecule has 0 spiro atoms. The van der Waals surface area contributed by atoms with Crippen molar-refractivity contribution >= 4 is 23.1 Å². The number of halogens is 5. The van der Waals surface area contributed by atoms with E-state index in [-0.39, 0.29) is 46.2 Å². The number of rotatable bonds is 6. The predicted octanol–water partition coefficient (Wildman–Crippen LogP) is 5.00. The molecular weight excluding hydrogens is 440 g/mol. The molecule has 0 atom stereocenters. The molecular formula is C19H19ClF4N6O. The van der Waals surface area contributed by atoms with E-state index >= 15 is 0 Å². The van der Waals surface area contributed by atoms with Gasteiger partial charge in [0.25, 0.3) is 0 Å². The standard InChI is InChI=1S/C19H19ClF4N6O/c1-8(2)14-15(19(22,23)24)29-17(28-14)13-10(21)4-9(5-12(13)31-3)6-26-16-11(25)7-27-18(20)30-16/h4-5,7-8H,6,25H2,1-3H3,(H,28,29)(H,26,27,30). The lowest BCUT2D eigenvalue weighted by Crippen LogP contribution is -2.10. The maximum absolute atomic E-state index is 15.0. The second-order valence-electron chi connectivity index (χ2n) is 6.95. The van der Waals surface area contributed by atoms with Crippen LogP contribution in [0.25, 0.3) is 11.4 Å². The summed E-state index contributed by atoms with van der Waals surface area (Å²) in [4.78, 5) is 13.9. The Labute approximate surface area is 180 Å². The number of imidazole rings is 1. The van der Waals surface area contributed by atoms with Crippen molar-refractivity contribution in [3.05, 3.63) is 46.4 Å². The summed E-state index contributed by atoms with van der Waals surface area (Å²) in [5, 5.41) is 2.88. The Hall–Kier alpha value is -3.08. The smallest absolute Gasteiger partial charge is 0.435 e. The summed E-state index contributed by atoms with van der Waals surface area (Å²) in [7, 11) is 1.29. The van der Waals surface area contributed by atoms with Crippen LogP contribution in [0.3, 0.4) is 0 Å². The van der Waals surface area contributed by atoms with Gasteiger partial charge in [-0.15, -0.1) is 0 Å². The predicted molar refractivity (Wildman–Crippen MR) is 108 cm³/mol. The Balaban J connectivity index is 1.98. The fourth-order valence-corrected chi connectivity index (χ4v) is 3.10. The lowest BCUT2D eigenvalue weighted by Gasteiger charge is -2.12. The van der Waals surface area contributed by atoms with Gasteiger partial charge in [0.2, 0.25) is 5.28 Å². The summed E-state index contributed by atoms with van der Waals surface area (Å²) < 4.78 is 60.3. The van der Waals surface area contributed by atoms with Crippen molar-refractivity contribution in [1.82, 2.24) is 19.9 Å². The van der Waals surface area contributed by atoms with Crippen molar-refractivity contribution < 1.29 is 22.3 Å². The van der Waals surface area contributed by atoms with Crippen LogP contribution in [0, 0.1) is 5.82 Å². The van der Waals surface area contributed by atoms with Crippen LogP contribution in [0.15, 0.2) is 18.3 Å². The molecule has 7 nitrogen and oxygen atoms in total. The van der Waals surface area contributed by atoms with Crippen LogP contribution >= 0.6 is 11.6 Å². The zero-order chi connectivity index (χ0) is 22.9. The maximum Gasteiger partial charge on any atom is 0.435 e. The Kier molecular flexibility index (Phi) is 6.25. The number of nitrogens with two attached hydrogens (primary N) is 1. The van der Waals surface area contributed by atoms with Gasteiger partial charge >= 0.3 is 6.18 Å². The first-order valence-electron chi connectivity index (χ1n) is 9.07. The number of alkyl halides is 3. The van der Waals surface area contributed by atoms with E-state index in [2.05, 4.69) is 25.3 Å². The highest BCUT2D eigenvalue weighted by Crippen LogP contribution is 2.38. The van der Waals surface area contributed by atoms with Crippen LogP contribution in [0.5, 0.6) is 5.75 Å². The van der Waals surface area contributed by atoms with Crippen LogP contribution in [0.2, 0.25) is 5.28 Å². The Morgan fingerprint density at radius 2 is 1.97 bits per heavy atom. The zero-order valence-corrected chi connectivity index (χ0v) is 17.5. The number of anilines is 2. The van der Waals surface area contributed by atoms with E-state index in [0.717, 1.165) is 6.07 Å². The number of aromatic nitrogens is 4. The molecule has 0 fully saturated rings. The highest BCUT2D eigenvalue weighted by atomic mass is 35.5. The van der Waals surface area contributed by atoms with E-state index in [0.29, 0.717) is 5.56 Å². The van der Waals surface area contributed by atoms with Crippen molar-refractivity contribution in [2.75, 3.05) is 18.2 Å². The summed E-state index contributed by atoms with van der Waals surface area (Å²) in [6.45, 7) is 3.26. The molecule has 1 aromatic carbocycles. The summed E-state index contributed by atoms with van der Waals surface area (Å²) in [5.41, 5.74) is 5.02. The monoisotopic (exact) mass is 458 g/mol. The minimum atomic E-state index is -4.68. The van der Waals surface area contributed by atoms with Gasteiger partial charge in [-0.2, -0.15) is 18.2 Å². The van der Waals surface area contributed by atoms with E-state index in [1.165, 1.54) is 19.4 Å². The SMILES string of the molecule is COc1cc(CNc2nc(Cl)ncc2N)cc(F)c1-c1nc(C(F)(F)F)c(C(C)C)[nH]1. The van der Waals surface area contributed by atoms with E-state index in [9.17, 15) is 17.6 Å². The molecule has 2 heterocycles. The number of H-pyrrole nitrogens is 1. The van der Waals surface area contributed by atoms with Gasteiger partial charge in [0.05, 0.1) is 30.3 Å². The highest BCUT2D eigenvalue weighted by molar-refractivity contribution is 6.28. The number of hydrogen-bond donors (Lipinski definition) is 3. The lowest BCUT2D eigenvalue weighted by molar-refractivity contribution is -0.141. The number of nitrogens with zero attached hydrogens (tertiary/aromatic N) is 3. The van der Waals surface area contributed by atoms with E-state index < -0.39 is 23.6 Å². The molecule has 2 aromatic heterocycles. The average Bonchev–Trinajstić information content (AvgIpc) is 3.14. The molecule has 31 heavy (non-hydrogen) atoms. The molecule has 0 aliphatic carbocycles. The van der Waals surface area contributed by atoms with Crippen molar-refractivity contribution in [2.24, 2.45) is 0 Å². The normalized spacial score (nSPS) is 11.8. The van der Waals surface area contributed by atoms with Gasteiger partial charge in [-0.1, -0.05) is 13.8 Å². The summed E-state index contributed by atoms with van der Waals surface area (Å²) in [6, 6.07) is 2.64. The molecule has 3 rings (SSSR count). The van der Waals surface area contributed by atoms with Crippen LogP contribution in [0.1, 0.15) is 36.7 Å². The summed E-state index contributed by atoms with van der Waals surface area (Å²) in [6.07, 6.45) is -3.36. The number of benzene rings is 1. The largest absolute Gasteiger partial charge is 0.496 e. The first-order valence-corrected chi connectivity index (χ1v) is 9.44. The third kappa shape index (κ3) is 4.82. The molecule has 0 unspecified atom stereocenters. The second-order valence-corrected chi connectivity index (χ2v) is 7.29. The molecule has 0 bridgehead atoms. The Bertz CT molecular complexity index is 1100. The van der Waals surface area contributed by atoms with Gasteiger partial charge < -0.3 is 20.8 Å². The van der Waals surface area contributed by atoms with Gasteiger partial charge in [0.1, 0.15) is 17.4 Å². The van der Waals surface area contributed by atoms with Crippen molar-refractivity contribution in [3.8, 4) is 17.1 Å². The van der Waals surface area contributed by atoms with Gasteiger partial charge in [-0.3, -0.25) is 0 Å². The Morgan fingerprint density at radius 3 is 2.55 bits per heavy atom. The summed E-state index contributed by atoms with van der Waals surface area (Å²) in [5.74, 6) is -1.30. The zero-order valence-electron chi connectivity index (χ0n) is 16.7. The minimum Gasteiger partial charge on any atom is -0.496 e. The highest BCUT2D eigenvalue weighted by Gasteiger charge is 2.38. The van der Waals surface area contributed by atoms with Crippen molar-refractivity contribution in [1.29, 1.82) is 0 Å². The van der Waals surface area contributed by atoms with E-state index in [4.69, 9.17) is 22.1 Å². The molecule has 4 N–H and O–H groups in total. The number of nitrogen functional groups attached to an aromatic ring is 1. The molecule has 166 valence electrons. The van der Waals surface area contributed by atoms with Crippen LogP contribution in [-0.4, -0.2) is 27.0 Å². The quantitative estimate of drug-likeness (QED) is 0.355. The van der Waals surface area contributed by atoms with Crippen molar-refractivity contribution in [3.63, 3.8) is 0 Å². The van der Waals surface area contributed by atoms with Crippen LogP contribution in [-0.2, 0) is 12.7 Å². The molecule has 0 saturated heterocycles. The van der Waals surface area contributed by atoms with Crippen molar-refractivity contribution in [2.45, 2.75) is 32.5 Å². The summed E-state index contributed by atoms with van der Waals surface area (Å²) >= 11 is 5.74. The van der Waals surface area contributed by atoms with Gasteiger partial charge in [-0.25, -0.2) is 14.4 Å². The molecule has 0 amide bonds. The topological polar surface area (TPSA) is 102 Å². The average molecular weight is 459 g/mol. The molecule has 0 radical (unpaired) electrons. The first-order chi connectivity index (χ1) is 14.5. The van der Waals surface area contributed by atoms with E-state index in [1.54, 1.807) is 13.8 Å². The lowest BCUT2D eigenvalue weighted by atomic mass is 10.1. The fraction of sp³-hybridized carbons (Fsp3) is 0.316. The fourth-order valence-electron chi connectivity index (χ4n) is 2.96. The molecule has 0 aliphatic rings. The van der Waals surface area contributed by atoms with Crippen LogP contribution in [0.4, 0.5) is 29.1 Å². The number of nitrogens with one attached hydrogen (secondary N) is 2. The number of hydrogen-bond acceptors (Lipinski definition) is 6. The third-order valence-corrected chi connectivity index (χ3v) is 4.58. The maximum atomic E-state index is 15.0. The number of ether oxygens (including phenoxy) is 1. The first kappa shape index (κ1) is 22.6. The number of methoxy groups -OCH3 is 1. The van der Waals surface area contributed by atoms with E-state index in [1.807, 2.05) is 0 Å². The Morgan fingerprint density at radius 1 is 1.26 bits per heavy atom. The molecule has 12 heteroatoms. The van der Waals surface area contributed by atoms with Crippen LogP contribution < -0.4 is 15.8 Å². The van der Waals surface area contributed by atoms with Gasteiger partial charge in [0, 0.05) is 6.54 Å². The second kappa shape index (κ2) is 8.58. The third-order valence-electron chi connectivity index (χ3n) is 4.40. The van der Waals surface area contributed by atoms with Gasteiger partial charge in [0.15, 0.2) is 11.5 Å². The molecule has 3 aromatic rings. The molecule has 0 aliphatic heterocycles. The minimum absolute atomic E-state index is 0.0169.